The van der Waals surface area contributed by atoms with E-state index < -0.39 is 48.9 Å². The summed E-state index contributed by atoms with van der Waals surface area (Å²) >= 11 is 0. The number of hydrogen-bond acceptors (Lipinski definition) is 9. The van der Waals surface area contributed by atoms with Gasteiger partial charge in [0.1, 0.15) is 23.9 Å². The van der Waals surface area contributed by atoms with Crippen molar-refractivity contribution in [2.24, 2.45) is 0 Å². The molecule has 1 aliphatic heterocycles. The van der Waals surface area contributed by atoms with E-state index in [1.807, 2.05) is 0 Å². The molecule has 2 aromatic rings. The van der Waals surface area contributed by atoms with Gasteiger partial charge in [-0.2, -0.15) is 0 Å². The Morgan fingerprint density at radius 1 is 1.25 bits per heavy atom. The van der Waals surface area contributed by atoms with Crippen LogP contribution < -0.4 is 5.63 Å². The summed E-state index contributed by atoms with van der Waals surface area (Å²) in [4.78, 5) is 23.7. The number of carbonyl (C=O) groups excluding carboxylic acids is 1. The topological polar surface area (TPSA) is 125 Å². The molecular weight excluding hydrogens is 372 g/mol. The van der Waals surface area contributed by atoms with E-state index in [0.29, 0.717) is 11.0 Å². The molecule has 3 rings (SSSR count). The lowest BCUT2D eigenvalue weighted by atomic mass is 9.98. The minimum Gasteiger partial charge on any atom is -0.454 e. The maximum atomic E-state index is 12.2. The molecule has 0 amide bonds. The molecule has 1 saturated heterocycles. The minimum atomic E-state index is -1.31. The quantitative estimate of drug-likeness (QED) is 0.527. The molecular formula is C19H22O9. The zero-order chi connectivity index (χ0) is 20.3. The summed E-state index contributed by atoms with van der Waals surface area (Å²) in [5.74, 6) is -0.621. The first kappa shape index (κ1) is 20.4. The van der Waals surface area contributed by atoms with E-state index in [0.717, 1.165) is 0 Å². The van der Waals surface area contributed by atoms with Crippen molar-refractivity contribution in [2.45, 2.75) is 44.2 Å². The fraction of sp³-hybridized carbons (Fsp3) is 0.474. The summed E-state index contributed by atoms with van der Waals surface area (Å²) in [6.45, 7) is 0.499. The maximum absolute atomic E-state index is 12.2. The molecule has 1 aliphatic rings. The molecule has 5 atom stereocenters. The Morgan fingerprint density at radius 2 is 2.00 bits per heavy atom. The predicted octanol–water partition coefficient (Wildman–Crippen LogP) is 0.334. The van der Waals surface area contributed by atoms with Gasteiger partial charge in [-0.1, -0.05) is 18.2 Å². The Hall–Kier alpha value is -2.30. The summed E-state index contributed by atoms with van der Waals surface area (Å²) < 4.78 is 26.8. The average molecular weight is 394 g/mol. The number of esters is 1. The van der Waals surface area contributed by atoms with Crippen LogP contribution in [0.3, 0.4) is 0 Å². The molecule has 1 fully saturated rings. The first-order chi connectivity index (χ1) is 13.4. The normalized spacial score (nSPS) is 27.6. The third-order valence-electron chi connectivity index (χ3n) is 4.48. The van der Waals surface area contributed by atoms with Crippen LogP contribution in [0.5, 0.6) is 0 Å². The van der Waals surface area contributed by atoms with Gasteiger partial charge in [0, 0.05) is 19.4 Å². The van der Waals surface area contributed by atoms with Gasteiger partial charge in [-0.25, -0.2) is 4.79 Å². The molecule has 152 valence electrons. The number of methoxy groups -OCH3 is 1. The summed E-state index contributed by atoms with van der Waals surface area (Å²) in [5.41, 5.74) is 0.0969. The van der Waals surface area contributed by atoms with Crippen molar-refractivity contribution < 1.29 is 38.4 Å². The van der Waals surface area contributed by atoms with E-state index in [-0.39, 0.29) is 12.2 Å². The molecule has 2 N–H and O–H groups in total. The lowest BCUT2D eigenvalue weighted by molar-refractivity contribution is -0.306. The van der Waals surface area contributed by atoms with Crippen molar-refractivity contribution in [1.29, 1.82) is 0 Å². The van der Waals surface area contributed by atoms with E-state index in [1.54, 1.807) is 30.3 Å². The lowest BCUT2D eigenvalue weighted by Gasteiger charge is -2.42. The lowest BCUT2D eigenvalue weighted by Crippen LogP contribution is -2.61. The Labute approximate surface area is 160 Å². The van der Waals surface area contributed by atoms with Gasteiger partial charge >= 0.3 is 11.6 Å². The highest BCUT2D eigenvalue weighted by Gasteiger charge is 2.48. The van der Waals surface area contributed by atoms with Crippen LogP contribution in [-0.4, -0.2) is 60.6 Å². The number of fused-ring (bicyclic) bond motifs is 1. The zero-order valence-electron chi connectivity index (χ0n) is 15.4. The van der Waals surface area contributed by atoms with Crippen molar-refractivity contribution >= 4 is 16.9 Å². The number of carbonyl (C=O) groups is 1. The van der Waals surface area contributed by atoms with E-state index in [9.17, 15) is 19.8 Å². The molecule has 0 unspecified atom stereocenters. The molecule has 0 bridgehead atoms. The number of benzene rings is 1. The fourth-order valence-corrected chi connectivity index (χ4v) is 3.13. The van der Waals surface area contributed by atoms with Crippen molar-refractivity contribution in [1.82, 2.24) is 0 Å². The third kappa shape index (κ3) is 4.23. The second kappa shape index (κ2) is 8.80. The van der Waals surface area contributed by atoms with E-state index in [4.69, 9.17) is 23.4 Å². The Bertz CT molecular complexity index is 877. The summed E-state index contributed by atoms with van der Waals surface area (Å²) in [6, 6.07) is 8.65. The van der Waals surface area contributed by atoms with Crippen LogP contribution in [0.25, 0.3) is 11.0 Å². The molecule has 2 heterocycles. The molecule has 0 saturated carbocycles. The molecule has 1 aromatic heterocycles. The van der Waals surface area contributed by atoms with Gasteiger partial charge in [0.2, 0.25) is 0 Å². The van der Waals surface area contributed by atoms with Gasteiger partial charge in [-0.05, 0) is 12.1 Å². The number of rotatable bonds is 6. The summed E-state index contributed by atoms with van der Waals surface area (Å²) in [7, 11) is 1.34. The van der Waals surface area contributed by atoms with Crippen LogP contribution in [-0.2, 0) is 30.3 Å². The number of aliphatic hydroxyl groups excluding tert-OH is 2. The molecule has 1 aromatic carbocycles. The smallest absolute Gasteiger partial charge is 0.341 e. The van der Waals surface area contributed by atoms with Crippen molar-refractivity contribution in [3.63, 3.8) is 0 Å². The average Bonchev–Trinajstić information content (AvgIpc) is 2.67. The molecule has 0 radical (unpaired) electrons. The predicted molar refractivity (Wildman–Crippen MR) is 95.4 cm³/mol. The first-order valence-electron chi connectivity index (χ1n) is 8.72. The van der Waals surface area contributed by atoms with Gasteiger partial charge < -0.3 is 33.6 Å². The van der Waals surface area contributed by atoms with Crippen molar-refractivity contribution in [3.05, 3.63) is 46.3 Å². The number of hydrogen-bond donors (Lipinski definition) is 2. The Kier molecular flexibility index (Phi) is 6.42. The van der Waals surface area contributed by atoms with E-state index in [1.165, 1.54) is 14.0 Å². The highest BCUT2D eigenvalue weighted by molar-refractivity contribution is 5.76. The maximum Gasteiger partial charge on any atom is 0.341 e. The Balaban J connectivity index is 1.85. The van der Waals surface area contributed by atoms with E-state index in [2.05, 4.69) is 0 Å². The molecule has 28 heavy (non-hydrogen) atoms. The van der Waals surface area contributed by atoms with Gasteiger partial charge in [0.15, 0.2) is 12.4 Å². The van der Waals surface area contributed by atoms with Crippen LogP contribution in [0.15, 0.2) is 39.5 Å². The van der Waals surface area contributed by atoms with Crippen LogP contribution in [0.1, 0.15) is 12.5 Å². The highest BCUT2D eigenvalue weighted by atomic mass is 16.7. The van der Waals surface area contributed by atoms with Crippen molar-refractivity contribution in [2.75, 3.05) is 13.7 Å². The minimum absolute atomic E-state index is 0.207. The van der Waals surface area contributed by atoms with Crippen LogP contribution in [0.2, 0.25) is 0 Å². The fourth-order valence-electron chi connectivity index (χ4n) is 3.13. The molecule has 0 aliphatic carbocycles. The van der Waals surface area contributed by atoms with Gasteiger partial charge in [-0.15, -0.1) is 0 Å². The summed E-state index contributed by atoms with van der Waals surface area (Å²) in [6.07, 6.45) is -5.55. The first-order valence-corrected chi connectivity index (χ1v) is 8.72. The van der Waals surface area contributed by atoms with Crippen LogP contribution in [0.4, 0.5) is 0 Å². The Morgan fingerprint density at radius 3 is 2.68 bits per heavy atom. The molecule has 9 heteroatoms. The second-order valence-electron chi connectivity index (χ2n) is 6.40. The van der Waals surface area contributed by atoms with E-state index >= 15 is 0 Å². The number of para-hydroxylation sites is 1. The zero-order valence-corrected chi connectivity index (χ0v) is 15.4. The van der Waals surface area contributed by atoms with Gasteiger partial charge in [0.05, 0.1) is 18.8 Å². The monoisotopic (exact) mass is 394 g/mol. The third-order valence-corrected chi connectivity index (χ3v) is 4.48. The standard InChI is InChI=1S/C19H22O9/c1-10(21)26-17-16(15(22)14(8-20)28-19(17)24-2)25-9-12-7-11-5-3-4-6-13(11)27-18(12)23/h3-7,14-17,19-20,22H,8-9H2,1-2H3/t14-,15+,16+,17-,19+/m1/s1. The second-order valence-corrected chi connectivity index (χ2v) is 6.40. The highest BCUT2D eigenvalue weighted by Crippen LogP contribution is 2.27. The number of ether oxygens (including phenoxy) is 4. The SMILES string of the molecule is CO[C@H]1O[C@H](CO)[C@H](O)[C@H](OCc2cc3ccccc3oc2=O)[C@H]1OC(C)=O. The molecule has 0 spiro atoms. The number of aliphatic hydroxyl groups is 2. The van der Waals surface area contributed by atoms with Gasteiger partial charge in [0.25, 0.3) is 0 Å². The van der Waals surface area contributed by atoms with Crippen LogP contribution >= 0.6 is 0 Å². The largest absolute Gasteiger partial charge is 0.454 e. The molecule has 9 nitrogen and oxygen atoms in total. The van der Waals surface area contributed by atoms with Gasteiger partial charge in [-0.3, -0.25) is 4.79 Å². The van der Waals surface area contributed by atoms with Crippen molar-refractivity contribution in [3.8, 4) is 0 Å². The summed E-state index contributed by atoms with van der Waals surface area (Å²) in [5, 5.41) is 20.6. The van der Waals surface area contributed by atoms with Crippen LogP contribution in [0, 0.1) is 0 Å².